The first kappa shape index (κ1) is 16.3. The maximum Gasteiger partial charge on any atom is 0.217 e. The fraction of sp³-hybridized carbons (Fsp3) is 0.240. The molecule has 0 N–H and O–H groups in total. The van der Waals surface area contributed by atoms with Crippen molar-refractivity contribution in [3.63, 3.8) is 0 Å². The van der Waals surface area contributed by atoms with Crippen LogP contribution in [0, 0.1) is 0 Å². The number of aryl methyl sites for hydroxylation is 4. The summed E-state index contributed by atoms with van der Waals surface area (Å²) in [5, 5.41) is 0. The van der Waals surface area contributed by atoms with Gasteiger partial charge in [0, 0.05) is 5.56 Å². The Morgan fingerprint density at radius 3 is 2.15 bits per heavy atom. The summed E-state index contributed by atoms with van der Waals surface area (Å²) >= 11 is 0. The van der Waals surface area contributed by atoms with Crippen LogP contribution in [0.15, 0.2) is 77.8 Å². The van der Waals surface area contributed by atoms with Crippen molar-refractivity contribution in [1.82, 2.24) is 0 Å². The van der Waals surface area contributed by atoms with Gasteiger partial charge >= 0.3 is 0 Å². The van der Waals surface area contributed by atoms with E-state index in [1.165, 1.54) is 33.4 Å². The number of rotatable bonds is 2. The SMILES string of the molecule is c1ccc([C@@H]2COC(c3cc4ccc3CCc3ccc(cc3)CC4)=N2)cc1. The maximum atomic E-state index is 6.07. The van der Waals surface area contributed by atoms with Crippen LogP contribution in [-0.4, -0.2) is 12.5 Å². The summed E-state index contributed by atoms with van der Waals surface area (Å²) in [6, 6.07) is 26.5. The molecule has 8 rings (SSSR count). The van der Waals surface area contributed by atoms with Gasteiger partial charge in [-0.25, -0.2) is 4.99 Å². The Labute approximate surface area is 160 Å². The number of benzene rings is 3. The van der Waals surface area contributed by atoms with E-state index in [-0.39, 0.29) is 6.04 Å². The van der Waals surface area contributed by atoms with E-state index in [2.05, 4.69) is 66.7 Å². The molecular formula is C25H23NO. The van der Waals surface area contributed by atoms with Gasteiger partial charge in [0.05, 0.1) is 0 Å². The molecule has 4 bridgehead atoms. The summed E-state index contributed by atoms with van der Waals surface area (Å²) in [6.07, 6.45) is 4.16. The molecule has 27 heavy (non-hydrogen) atoms. The highest BCUT2D eigenvalue weighted by Crippen LogP contribution is 2.28. The molecule has 3 aromatic carbocycles. The minimum Gasteiger partial charge on any atom is -0.475 e. The number of aliphatic imine (C=N–C) groups is 1. The second kappa shape index (κ2) is 7.03. The van der Waals surface area contributed by atoms with Crippen molar-refractivity contribution in [2.75, 3.05) is 6.61 Å². The molecule has 4 aliphatic carbocycles. The Morgan fingerprint density at radius 2 is 1.37 bits per heavy atom. The van der Waals surface area contributed by atoms with Crippen LogP contribution in [0.4, 0.5) is 0 Å². The van der Waals surface area contributed by atoms with Crippen molar-refractivity contribution < 1.29 is 4.74 Å². The molecular weight excluding hydrogens is 330 g/mol. The zero-order chi connectivity index (χ0) is 18.1. The molecule has 0 spiro atoms. The zero-order valence-electron chi connectivity index (χ0n) is 15.4. The number of ether oxygens (including phenoxy) is 1. The summed E-state index contributed by atoms with van der Waals surface area (Å²) in [5.41, 5.74) is 7.89. The Kier molecular flexibility index (Phi) is 4.25. The van der Waals surface area contributed by atoms with Crippen LogP contribution in [0.2, 0.25) is 0 Å². The molecule has 1 atom stereocenters. The van der Waals surface area contributed by atoms with Crippen molar-refractivity contribution >= 4 is 5.90 Å². The largest absolute Gasteiger partial charge is 0.475 e. The Morgan fingerprint density at radius 1 is 0.704 bits per heavy atom. The predicted molar refractivity (Wildman–Crippen MR) is 109 cm³/mol. The van der Waals surface area contributed by atoms with E-state index in [0.717, 1.165) is 31.6 Å². The highest BCUT2D eigenvalue weighted by molar-refractivity contribution is 5.97. The van der Waals surface area contributed by atoms with E-state index in [9.17, 15) is 0 Å². The Balaban J connectivity index is 1.49. The lowest BCUT2D eigenvalue weighted by atomic mass is 9.93. The van der Waals surface area contributed by atoms with Gasteiger partial charge in [0.2, 0.25) is 5.90 Å². The van der Waals surface area contributed by atoms with Gasteiger partial charge in [-0.1, -0.05) is 66.7 Å². The monoisotopic (exact) mass is 353 g/mol. The fourth-order valence-corrected chi connectivity index (χ4v) is 4.00. The maximum absolute atomic E-state index is 6.07. The summed E-state index contributed by atoms with van der Waals surface area (Å²) in [6.45, 7) is 0.629. The zero-order valence-corrected chi connectivity index (χ0v) is 15.4. The van der Waals surface area contributed by atoms with E-state index in [4.69, 9.17) is 9.73 Å². The quantitative estimate of drug-likeness (QED) is 0.629. The van der Waals surface area contributed by atoms with Crippen molar-refractivity contribution in [3.8, 4) is 0 Å². The minimum atomic E-state index is 0.100. The molecule has 3 aromatic rings. The third kappa shape index (κ3) is 3.40. The highest BCUT2D eigenvalue weighted by atomic mass is 16.5. The van der Waals surface area contributed by atoms with Crippen molar-refractivity contribution in [3.05, 3.63) is 106 Å². The topological polar surface area (TPSA) is 21.6 Å². The lowest BCUT2D eigenvalue weighted by Gasteiger charge is -2.14. The van der Waals surface area contributed by atoms with Crippen LogP contribution in [-0.2, 0) is 30.4 Å². The fourth-order valence-electron chi connectivity index (χ4n) is 4.00. The number of hydrogen-bond donors (Lipinski definition) is 0. The molecule has 2 heteroatoms. The van der Waals surface area contributed by atoms with Crippen molar-refractivity contribution in [1.29, 1.82) is 0 Å². The van der Waals surface area contributed by atoms with E-state index in [0.29, 0.717) is 6.61 Å². The Bertz CT molecular complexity index is 973. The van der Waals surface area contributed by atoms with Crippen LogP contribution < -0.4 is 0 Å². The molecule has 0 saturated heterocycles. The molecule has 0 aromatic heterocycles. The van der Waals surface area contributed by atoms with Gasteiger partial charge < -0.3 is 4.74 Å². The first-order valence-electron chi connectivity index (χ1n) is 9.81. The molecule has 5 aliphatic rings. The van der Waals surface area contributed by atoms with Gasteiger partial charge in [-0.05, 0) is 59.6 Å². The van der Waals surface area contributed by atoms with Crippen LogP contribution >= 0.6 is 0 Å². The molecule has 0 amide bonds. The highest BCUT2D eigenvalue weighted by Gasteiger charge is 2.23. The third-order valence-electron chi connectivity index (χ3n) is 5.65. The molecule has 1 heterocycles. The van der Waals surface area contributed by atoms with E-state index < -0.39 is 0 Å². The average molecular weight is 353 g/mol. The normalized spacial score (nSPS) is 18.5. The third-order valence-corrected chi connectivity index (χ3v) is 5.65. The number of nitrogens with zero attached hydrogens (tertiary/aromatic N) is 1. The van der Waals surface area contributed by atoms with Crippen LogP contribution in [0.5, 0.6) is 0 Å². The van der Waals surface area contributed by atoms with Crippen molar-refractivity contribution in [2.24, 2.45) is 4.99 Å². The Hall–Kier alpha value is -2.87. The van der Waals surface area contributed by atoms with Crippen molar-refractivity contribution in [2.45, 2.75) is 31.7 Å². The molecule has 0 unspecified atom stereocenters. The summed E-state index contributed by atoms with van der Waals surface area (Å²) in [5.74, 6) is 0.812. The van der Waals surface area contributed by atoms with Crippen LogP contribution in [0.3, 0.4) is 0 Å². The smallest absolute Gasteiger partial charge is 0.217 e. The van der Waals surface area contributed by atoms with E-state index in [1.54, 1.807) is 0 Å². The summed E-state index contributed by atoms with van der Waals surface area (Å²) in [4.78, 5) is 4.94. The van der Waals surface area contributed by atoms with Crippen LogP contribution in [0.1, 0.15) is 39.4 Å². The molecule has 0 fully saturated rings. The predicted octanol–water partition coefficient (Wildman–Crippen LogP) is 5.09. The van der Waals surface area contributed by atoms with E-state index >= 15 is 0 Å². The summed E-state index contributed by atoms with van der Waals surface area (Å²) < 4.78 is 6.07. The van der Waals surface area contributed by atoms with Gasteiger partial charge in [-0.15, -0.1) is 0 Å². The molecule has 0 saturated carbocycles. The van der Waals surface area contributed by atoms with Gasteiger partial charge in [0.25, 0.3) is 0 Å². The molecule has 1 aliphatic heterocycles. The molecule has 2 nitrogen and oxygen atoms in total. The van der Waals surface area contributed by atoms with E-state index in [1.807, 2.05) is 6.07 Å². The average Bonchev–Trinajstić information content (AvgIpc) is 3.21. The standard InChI is InChI=1S/C25H23NO/c1-2-4-22(5-3-1)24-17-27-25(26-24)23-16-20-11-10-18-6-8-19(9-7-18)12-14-21(23)15-13-20/h1-9,13,15-16,24H,10-12,14,17H2/t24-/m0/s1. The molecule has 134 valence electrons. The minimum absolute atomic E-state index is 0.100. The van der Waals surface area contributed by atoms with Gasteiger partial charge in [0.15, 0.2) is 0 Å². The van der Waals surface area contributed by atoms with Gasteiger partial charge in [-0.2, -0.15) is 0 Å². The number of hydrogen-bond acceptors (Lipinski definition) is 2. The second-order valence-corrected chi connectivity index (χ2v) is 7.48. The van der Waals surface area contributed by atoms with Gasteiger partial charge in [0.1, 0.15) is 12.6 Å². The second-order valence-electron chi connectivity index (χ2n) is 7.48. The summed E-state index contributed by atoms with van der Waals surface area (Å²) in [7, 11) is 0. The lowest BCUT2D eigenvalue weighted by Crippen LogP contribution is -2.08. The van der Waals surface area contributed by atoms with Gasteiger partial charge in [-0.3, -0.25) is 0 Å². The first-order chi connectivity index (χ1) is 13.3. The lowest BCUT2D eigenvalue weighted by molar-refractivity contribution is 0.319. The molecule has 0 radical (unpaired) electrons. The first-order valence-corrected chi connectivity index (χ1v) is 9.81. The van der Waals surface area contributed by atoms with Crippen LogP contribution in [0.25, 0.3) is 0 Å².